The highest BCUT2D eigenvalue weighted by Crippen LogP contribution is 2.24. The summed E-state index contributed by atoms with van der Waals surface area (Å²) in [6.45, 7) is 5.37. The van der Waals surface area contributed by atoms with Crippen LogP contribution in [-0.2, 0) is 9.59 Å². The summed E-state index contributed by atoms with van der Waals surface area (Å²) in [4.78, 5) is 25.9. The molecule has 1 heterocycles. The van der Waals surface area contributed by atoms with Crippen molar-refractivity contribution in [3.63, 3.8) is 0 Å². The first-order valence-corrected chi connectivity index (χ1v) is 7.82. The number of nitrogens with one attached hydrogen (secondary N) is 1. The summed E-state index contributed by atoms with van der Waals surface area (Å²) in [5.74, 6) is 0.532. The fourth-order valence-corrected chi connectivity index (χ4v) is 3.18. The van der Waals surface area contributed by atoms with Gasteiger partial charge < -0.3 is 16.0 Å². The van der Waals surface area contributed by atoms with Crippen molar-refractivity contribution in [1.29, 1.82) is 0 Å². The number of nitrogens with two attached hydrogens (primary N) is 1. The molecule has 2 fully saturated rings. The zero-order valence-electron chi connectivity index (χ0n) is 12.6. The minimum Gasteiger partial charge on any atom is -0.353 e. The van der Waals surface area contributed by atoms with E-state index in [4.69, 9.17) is 5.73 Å². The highest BCUT2D eigenvalue weighted by atomic mass is 16.2. The van der Waals surface area contributed by atoms with E-state index in [0.29, 0.717) is 0 Å². The van der Waals surface area contributed by atoms with Crippen LogP contribution >= 0.6 is 0 Å². The second-order valence-corrected chi connectivity index (χ2v) is 6.53. The topological polar surface area (TPSA) is 75.4 Å². The Morgan fingerprint density at radius 2 is 1.80 bits per heavy atom. The van der Waals surface area contributed by atoms with E-state index in [1.807, 2.05) is 18.7 Å². The monoisotopic (exact) mass is 281 g/mol. The van der Waals surface area contributed by atoms with Crippen molar-refractivity contribution < 1.29 is 9.59 Å². The van der Waals surface area contributed by atoms with Gasteiger partial charge in [-0.05, 0) is 32.1 Å². The van der Waals surface area contributed by atoms with Gasteiger partial charge in [0.2, 0.25) is 11.8 Å². The van der Waals surface area contributed by atoms with Crippen LogP contribution in [0.2, 0.25) is 0 Å². The largest absolute Gasteiger partial charge is 0.353 e. The number of hydrogen-bond acceptors (Lipinski definition) is 3. The molecule has 1 saturated heterocycles. The lowest BCUT2D eigenvalue weighted by molar-refractivity contribution is -0.135. The van der Waals surface area contributed by atoms with Gasteiger partial charge >= 0.3 is 0 Å². The summed E-state index contributed by atoms with van der Waals surface area (Å²) < 4.78 is 0. The third kappa shape index (κ3) is 3.72. The van der Waals surface area contributed by atoms with Crippen molar-refractivity contribution >= 4 is 11.8 Å². The van der Waals surface area contributed by atoms with E-state index in [1.54, 1.807) is 0 Å². The van der Waals surface area contributed by atoms with Crippen LogP contribution in [0.1, 0.15) is 46.0 Å². The molecule has 2 aliphatic rings. The molecule has 1 saturated carbocycles. The highest BCUT2D eigenvalue weighted by Gasteiger charge is 2.30. The molecule has 3 N–H and O–H groups in total. The first kappa shape index (κ1) is 15.3. The summed E-state index contributed by atoms with van der Waals surface area (Å²) >= 11 is 0. The van der Waals surface area contributed by atoms with Gasteiger partial charge in [-0.2, -0.15) is 0 Å². The number of nitrogens with zero attached hydrogens (tertiary/aromatic N) is 1. The van der Waals surface area contributed by atoms with Crippen molar-refractivity contribution in [2.45, 2.75) is 58.0 Å². The fraction of sp³-hybridized carbons (Fsp3) is 0.867. The van der Waals surface area contributed by atoms with E-state index in [0.717, 1.165) is 45.2 Å². The van der Waals surface area contributed by atoms with Crippen molar-refractivity contribution in [3.05, 3.63) is 0 Å². The van der Waals surface area contributed by atoms with Crippen LogP contribution in [0.25, 0.3) is 0 Å². The molecular formula is C15H27N3O2. The quantitative estimate of drug-likeness (QED) is 0.806. The van der Waals surface area contributed by atoms with Crippen LogP contribution in [0.3, 0.4) is 0 Å². The number of likely N-dealkylation sites (tertiary alicyclic amines) is 1. The molecule has 2 amide bonds. The Labute approximate surface area is 121 Å². The molecule has 1 aliphatic heterocycles. The maximum atomic E-state index is 12.1. The van der Waals surface area contributed by atoms with Gasteiger partial charge in [-0.15, -0.1) is 0 Å². The summed E-state index contributed by atoms with van der Waals surface area (Å²) in [7, 11) is 0. The first-order valence-electron chi connectivity index (χ1n) is 7.82. The molecule has 0 aromatic heterocycles. The van der Waals surface area contributed by atoms with Crippen LogP contribution in [0.4, 0.5) is 0 Å². The molecule has 20 heavy (non-hydrogen) atoms. The van der Waals surface area contributed by atoms with Crippen molar-refractivity contribution in [2.75, 3.05) is 13.1 Å². The molecule has 0 radical (unpaired) electrons. The van der Waals surface area contributed by atoms with E-state index >= 15 is 0 Å². The van der Waals surface area contributed by atoms with Gasteiger partial charge in [-0.3, -0.25) is 9.59 Å². The van der Waals surface area contributed by atoms with Crippen molar-refractivity contribution in [2.24, 2.45) is 17.6 Å². The Hall–Kier alpha value is -1.10. The minimum absolute atomic E-state index is 0.0566. The standard InChI is InChI=1S/C15H27N3O2/c1-10(2)15(20)18-7-5-13(6-8-18)17-14(19)11-3-4-12(16)9-11/h10-13H,3-9,16H2,1-2H3,(H,17,19). The average molecular weight is 281 g/mol. The lowest BCUT2D eigenvalue weighted by atomic mass is 10.0. The third-order valence-corrected chi connectivity index (χ3v) is 4.49. The lowest BCUT2D eigenvalue weighted by Gasteiger charge is -2.33. The second-order valence-electron chi connectivity index (χ2n) is 6.53. The number of rotatable bonds is 3. The van der Waals surface area contributed by atoms with Crippen LogP contribution in [0, 0.1) is 11.8 Å². The molecule has 0 bridgehead atoms. The Bertz CT molecular complexity index is 362. The molecule has 5 heteroatoms. The van der Waals surface area contributed by atoms with E-state index in [1.165, 1.54) is 0 Å². The third-order valence-electron chi connectivity index (χ3n) is 4.49. The van der Waals surface area contributed by atoms with Gasteiger partial charge in [0.15, 0.2) is 0 Å². The predicted octanol–water partition coefficient (Wildman–Crippen LogP) is 0.877. The molecule has 1 aliphatic carbocycles. The molecule has 2 rings (SSSR count). The summed E-state index contributed by atoms with van der Waals surface area (Å²) in [5.41, 5.74) is 5.85. The smallest absolute Gasteiger partial charge is 0.225 e. The van der Waals surface area contributed by atoms with Gasteiger partial charge in [0, 0.05) is 37.0 Å². The first-order chi connectivity index (χ1) is 9.47. The Kier molecular flexibility index (Phi) is 5.02. The van der Waals surface area contributed by atoms with Gasteiger partial charge in [-0.25, -0.2) is 0 Å². The summed E-state index contributed by atoms with van der Waals surface area (Å²) in [6.07, 6.45) is 4.42. The van der Waals surface area contributed by atoms with Crippen LogP contribution in [0.15, 0.2) is 0 Å². The van der Waals surface area contributed by atoms with E-state index in [2.05, 4.69) is 5.32 Å². The Balaban J connectivity index is 1.74. The maximum absolute atomic E-state index is 12.1. The zero-order chi connectivity index (χ0) is 14.7. The molecule has 0 aromatic rings. The number of amides is 2. The lowest BCUT2D eigenvalue weighted by Crippen LogP contribution is -2.48. The number of carbonyl (C=O) groups excluding carboxylic acids is 2. The number of hydrogen-bond donors (Lipinski definition) is 2. The van der Waals surface area contributed by atoms with E-state index in [-0.39, 0.29) is 35.7 Å². The van der Waals surface area contributed by atoms with Crippen molar-refractivity contribution in [3.8, 4) is 0 Å². The minimum atomic E-state index is 0.0566. The van der Waals surface area contributed by atoms with Crippen LogP contribution < -0.4 is 11.1 Å². The van der Waals surface area contributed by atoms with E-state index in [9.17, 15) is 9.59 Å². The Morgan fingerprint density at radius 1 is 1.15 bits per heavy atom. The molecule has 5 nitrogen and oxygen atoms in total. The van der Waals surface area contributed by atoms with Gasteiger partial charge in [0.1, 0.15) is 0 Å². The predicted molar refractivity (Wildman–Crippen MR) is 77.9 cm³/mol. The molecule has 114 valence electrons. The Morgan fingerprint density at radius 3 is 2.30 bits per heavy atom. The molecule has 0 aromatic carbocycles. The summed E-state index contributed by atoms with van der Waals surface area (Å²) in [5, 5.41) is 3.14. The van der Waals surface area contributed by atoms with E-state index < -0.39 is 0 Å². The maximum Gasteiger partial charge on any atom is 0.225 e. The highest BCUT2D eigenvalue weighted by molar-refractivity contribution is 5.80. The zero-order valence-corrected chi connectivity index (χ0v) is 12.6. The average Bonchev–Trinajstić information content (AvgIpc) is 2.85. The number of carbonyl (C=O) groups is 2. The SMILES string of the molecule is CC(C)C(=O)N1CCC(NC(=O)C2CCC(N)C2)CC1. The second kappa shape index (κ2) is 6.57. The fourth-order valence-electron chi connectivity index (χ4n) is 3.18. The molecule has 2 unspecified atom stereocenters. The number of piperidine rings is 1. The summed E-state index contributed by atoms with van der Waals surface area (Å²) in [6, 6.07) is 0.409. The van der Waals surface area contributed by atoms with Crippen LogP contribution in [-0.4, -0.2) is 41.9 Å². The van der Waals surface area contributed by atoms with Crippen LogP contribution in [0.5, 0.6) is 0 Å². The normalized spacial score (nSPS) is 27.9. The van der Waals surface area contributed by atoms with Crippen molar-refractivity contribution in [1.82, 2.24) is 10.2 Å². The van der Waals surface area contributed by atoms with Gasteiger partial charge in [-0.1, -0.05) is 13.8 Å². The van der Waals surface area contributed by atoms with Gasteiger partial charge in [0.05, 0.1) is 0 Å². The molecular weight excluding hydrogens is 254 g/mol. The molecule has 0 spiro atoms. The molecule has 2 atom stereocenters. The van der Waals surface area contributed by atoms with Gasteiger partial charge in [0.25, 0.3) is 0 Å².